The number of H-pyrrole nitrogens is 1. The fourth-order valence-corrected chi connectivity index (χ4v) is 3.31. The number of anilines is 1. The monoisotopic (exact) mass is 390 g/mol. The van der Waals surface area contributed by atoms with Gasteiger partial charge in [0.2, 0.25) is 0 Å². The smallest absolute Gasteiger partial charge is 0.316 e. The van der Waals surface area contributed by atoms with E-state index in [-0.39, 0.29) is 17.4 Å². The van der Waals surface area contributed by atoms with Gasteiger partial charge in [0.05, 0.1) is 28.7 Å². The van der Waals surface area contributed by atoms with Crippen LogP contribution in [-0.2, 0) is 6.18 Å². The third kappa shape index (κ3) is 3.50. The Balaban J connectivity index is 1.55. The number of aromatic amines is 1. The number of aromatic nitrogens is 4. The van der Waals surface area contributed by atoms with Crippen LogP contribution in [0.4, 0.5) is 19.0 Å². The zero-order valence-corrected chi connectivity index (χ0v) is 14.6. The van der Waals surface area contributed by atoms with Gasteiger partial charge in [-0.2, -0.15) is 23.4 Å². The highest BCUT2D eigenvalue weighted by molar-refractivity contribution is 6.04. The number of para-hydroxylation sites is 1. The van der Waals surface area contributed by atoms with E-state index in [9.17, 15) is 18.0 Å². The van der Waals surface area contributed by atoms with E-state index in [0.717, 1.165) is 36.0 Å². The second-order valence-electron chi connectivity index (χ2n) is 6.50. The van der Waals surface area contributed by atoms with Crippen molar-refractivity contribution in [2.75, 3.05) is 18.4 Å². The van der Waals surface area contributed by atoms with E-state index in [1.807, 2.05) is 0 Å². The van der Waals surface area contributed by atoms with Crippen molar-refractivity contribution in [3.8, 4) is 5.69 Å². The number of rotatable bonds is 4. The number of carbonyl (C=O) groups is 1. The minimum atomic E-state index is -4.51. The average molecular weight is 390 g/mol. The summed E-state index contributed by atoms with van der Waals surface area (Å²) in [5, 5.41) is 16.8. The molecule has 3 heterocycles. The molecule has 0 spiro atoms. The van der Waals surface area contributed by atoms with Crippen LogP contribution in [0.3, 0.4) is 0 Å². The van der Waals surface area contributed by atoms with Crippen LogP contribution >= 0.6 is 0 Å². The highest BCUT2D eigenvalue weighted by atomic mass is 19.4. The first-order chi connectivity index (χ1) is 13.4. The Morgan fingerprint density at radius 3 is 2.82 bits per heavy atom. The van der Waals surface area contributed by atoms with Crippen molar-refractivity contribution in [2.45, 2.75) is 18.5 Å². The topological polar surface area (TPSA) is 87.6 Å². The molecule has 3 N–H and O–H groups in total. The van der Waals surface area contributed by atoms with Gasteiger partial charge >= 0.3 is 6.18 Å². The Labute approximate surface area is 157 Å². The molecule has 0 saturated carbocycles. The summed E-state index contributed by atoms with van der Waals surface area (Å²) in [7, 11) is 0. The fourth-order valence-electron chi connectivity index (χ4n) is 3.31. The normalized spacial score (nSPS) is 17.0. The van der Waals surface area contributed by atoms with Crippen LogP contribution in [0.2, 0.25) is 0 Å². The van der Waals surface area contributed by atoms with Crippen LogP contribution in [0.15, 0.2) is 42.7 Å². The summed E-state index contributed by atoms with van der Waals surface area (Å²) in [5.41, 5.74) is 0.224. The molecule has 0 bridgehead atoms. The van der Waals surface area contributed by atoms with Crippen molar-refractivity contribution >= 4 is 11.7 Å². The van der Waals surface area contributed by atoms with Gasteiger partial charge in [0.15, 0.2) is 5.82 Å². The predicted octanol–water partition coefficient (Wildman–Crippen LogP) is 2.94. The summed E-state index contributed by atoms with van der Waals surface area (Å²) in [6, 6.07) is 6.57. The van der Waals surface area contributed by atoms with Gasteiger partial charge in [0.25, 0.3) is 5.91 Å². The zero-order valence-electron chi connectivity index (χ0n) is 14.6. The van der Waals surface area contributed by atoms with Crippen molar-refractivity contribution in [1.82, 2.24) is 25.3 Å². The van der Waals surface area contributed by atoms with Crippen LogP contribution < -0.4 is 10.6 Å². The van der Waals surface area contributed by atoms with E-state index < -0.39 is 17.6 Å². The molecule has 1 aliphatic heterocycles. The maximum atomic E-state index is 13.2. The molecule has 4 rings (SSSR count). The summed E-state index contributed by atoms with van der Waals surface area (Å²) >= 11 is 0. The second kappa shape index (κ2) is 7.12. The van der Waals surface area contributed by atoms with Crippen molar-refractivity contribution in [1.29, 1.82) is 0 Å². The Morgan fingerprint density at radius 2 is 2.07 bits per heavy atom. The molecule has 1 fully saturated rings. The summed E-state index contributed by atoms with van der Waals surface area (Å²) < 4.78 is 40.7. The molecule has 3 aromatic rings. The first-order valence-corrected chi connectivity index (χ1v) is 8.71. The molecule has 7 nitrogen and oxygen atoms in total. The lowest BCUT2D eigenvalue weighted by molar-refractivity contribution is -0.137. The lowest BCUT2D eigenvalue weighted by Crippen LogP contribution is -2.17. The van der Waals surface area contributed by atoms with Gasteiger partial charge in [-0.1, -0.05) is 12.1 Å². The third-order valence-corrected chi connectivity index (χ3v) is 4.67. The van der Waals surface area contributed by atoms with Crippen molar-refractivity contribution in [3.05, 3.63) is 59.5 Å². The van der Waals surface area contributed by atoms with Crippen LogP contribution in [0.5, 0.6) is 0 Å². The van der Waals surface area contributed by atoms with Gasteiger partial charge in [-0.05, 0) is 25.1 Å². The number of alkyl halides is 3. The number of halogens is 3. The SMILES string of the molecule is O=C(Nc1ccn(-c2ccccc2C(F)(F)F)n1)c1cn[nH]c1C1CCNC1. The van der Waals surface area contributed by atoms with Gasteiger partial charge in [0.1, 0.15) is 0 Å². The Hall–Kier alpha value is -3.14. The summed E-state index contributed by atoms with van der Waals surface area (Å²) in [6.45, 7) is 1.62. The van der Waals surface area contributed by atoms with E-state index in [4.69, 9.17) is 0 Å². The molecule has 0 aliphatic carbocycles. The van der Waals surface area contributed by atoms with Gasteiger partial charge in [0, 0.05) is 24.7 Å². The first kappa shape index (κ1) is 18.2. The van der Waals surface area contributed by atoms with E-state index >= 15 is 0 Å². The summed E-state index contributed by atoms with van der Waals surface area (Å²) in [4.78, 5) is 12.6. The molecular formula is C18H17F3N6O. The quantitative estimate of drug-likeness (QED) is 0.639. The molecule has 2 aromatic heterocycles. The Morgan fingerprint density at radius 1 is 1.25 bits per heavy atom. The molecule has 28 heavy (non-hydrogen) atoms. The van der Waals surface area contributed by atoms with Gasteiger partial charge in [-0.25, -0.2) is 4.68 Å². The highest BCUT2D eigenvalue weighted by Gasteiger charge is 2.34. The number of benzene rings is 1. The predicted molar refractivity (Wildman–Crippen MR) is 95.3 cm³/mol. The van der Waals surface area contributed by atoms with E-state index in [1.165, 1.54) is 36.7 Å². The van der Waals surface area contributed by atoms with E-state index in [2.05, 4.69) is 25.9 Å². The molecule has 1 amide bonds. The molecule has 1 atom stereocenters. The average Bonchev–Trinajstić information content (AvgIpc) is 3.41. The zero-order chi connectivity index (χ0) is 19.7. The van der Waals surface area contributed by atoms with Crippen LogP contribution in [0, 0.1) is 0 Å². The number of carbonyl (C=O) groups excluding carboxylic acids is 1. The minimum Gasteiger partial charge on any atom is -0.316 e. The number of amides is 1. The van der Waals surface area contributed by atoms with Crippen molar-refractivity contribution in [2.24, 2.45) is 0 Å². The maximum Gasteiger partial charge on any atom is 0.418 e. The number of hydrogen-bond acceptors (Lipinski definition) is 4. The van der Waals surface area contributed by atoms with Gasteiger partial charge in [-0.15, -0.1) is 0 Å². The van der Waals surface area contributed by atoms with E-state index in [0.29, 0.717) is 5.56 Å². The van der Waals surface area contributed by atoms with Crippen molar-refractivity contribution in [3.63, 3.8) is 0 Å². The van der Waals surface area contributed by atoms with E-state index in [1.54, 1.807) is 0 Å². The molecule has 1 unspecified atom stereocenters. The number of nitrogens with one attached hydrogen (secondary N) is 3. The Kier molecular flexibility index (Phi) is 4.63. The number of hydrogen-bond donors (Lipinski definition) is 3. The lowest BCUT2D eigenvalue weighted by Gasteiger charge is -2.12. The van der Waals surface area contributed by atoms with Crippen molar-refractivity contribution < 1.29 is 18.0 Å². The maximum absolute atomic E-state index is 13.2. The molecule has 1 aromatic carbocycles. The standard InChI is InChI=1S/C18H17F3N6O/c19-18(20,21)13-3-1-2-4-14(13)27-8-6-15(26-27)24-17(28)12-10-23-25-16(12)11-5-7-22-9-11/h1-4,6,8,10-11,22H,5,7,9H2,(H,23,25)(H,24,26,28). The molecule has 1 aliphatic rings. The van der Waals surface area contributed by atoms with Gasteiger partial charge in [-0.3, -0.25) is 9.89 Å². The summed E-state index contributed by atoms with van der Waals surface area (Å²) in [6.07, 6.45) is -0.797. The molecule has 0 radical (unpaired) electrons. The fraction of sp³-hybridized carbons (Fsp3) is 0.278. The minimum absolute atomic E-state index is 0.114. The van der Waals surface area contributed by atoms with Crippen LogP contribution in [-0.4, -0.2) is 39.0 Å². The highest BCUT2D eigenvalue weighted by Crippen LogP contribution is 2.33. The Bertz CT molecular complexity index is 987. The largest absolute Gasteiger partial charge is 0.418 e. The summed E-state index contributed by atoms with van der Waals surface area (Å²) in [5.74, 6) is -0.0943. The third-order valence-electron chi connectivity index (χ3n) is 4.67. The van der Waals surface area contributed by atoms with Crippen LogP contribution in [0.1, 0.15) is 34.0 Å². The first-order valence-electron chi connectivity index (χ1n) is 8.71. The molecule has 146 valence electrons. The van der Waals surface area contributed by atoms with Gasteiger partial charge < -0.3 is 10.6 Å². The second-order valence-corrected chi connectivity index (χ2v) is 6.50. The molecule has 10 heteroatoms. The molecule has 1 saturated heterocycles. The lowest BCUT2D eigenvalue weighted by atomic mass is 10.0. The molecular weight excluding hydrogens is 373 g/mol. The van der Waals surface area contributed by atoms with Crippen LogP contribution in [0.25, 0.3) is 5.69 Å². The number of nitrogens with zero attached hydrogens (tertiary/aromatic N) is 3.